The predicted octanol–water partition coefficient (Wildman–Crippen LogP) is 1.88. The van der Waals surface area contributed by atoms with Crippen LogP contribution in [-0.4, -0.2) is 57.8 Å². The summed E-state index contributed by atoms with van der Waals surface area (Å²) in [6.45, 7) is 0.319. The number of hydrogen-bond acceptors (Lipinski definition) is 5. The molecule has 2 aromatic rings. The number of nitrogens with one attached hydrogen (secondary N) is 2. The van der Waals surface area contributed by atoms with Gasteiger partial charge in [0.2, 0.25) is 11.8 Å². The summed E-state index contributed by atoms with van der Waals surface area (Å²) in [6.07, 6.45) is 4.45. The Bertz CT molecular complexity index is 1000. The van der Waals surface area contributed by atoms with Gasteiger partial charge in [-0.3, -0.25) is 19.5 Å². The van der Waals surface area contributed by atoms with Gasteiger partial charge in [0.25, 0.3) is 0 Å². The molecule has 3 heterocycles. The molecule has 2 N–H and O–H groups in total. The number of pyridine rings is 1. The molecule has 0 radical (unpaired) electrons. The van der Waals surface area contributed by atoms with Crippen molar-refractivity contribution in [2.24, 2.45) is 0 Å². The Labute approximate surface area is 177 Å². The van der Waals surface area contributed by atoms with Gasteiger partial charge < -0.3 is 15.5 Å². The average Bonchev–Trinajstić information content (AvgIpc) is 2.77. The highest BCUT2D eigenvalue weighted by molar-refractivity contribution is 6.02. The number of urea groups is 1. The number of hydrogen-bond donors (Lipinski definition) is 2. The first-order chi connectivity index (χ1) is 14.9. The molecule has 2 aliphatic heterocycles. The summed E-state index contributed by atoms with van der Waals surface area (Å²) < 4.78 is 27.0. The molecule has 4 amide bonds. The molecule has 1 aromatic heterocycles. The summed E-state index contributed by atoms with van der Waals surface area (Å²) in [5.41, 5.74) is 0.544. The third-order valence-electron chi connectivity index (χ3n) is 5.44. The molecule has 2 fully saturated rings. The monoisotopic (exact) mass is 429 g/mol. The van der Waals surface area contributed by atoms with Gasteiger partial charge in [-0.1, -0.05) is 0 Å². The molecule has 4 rings (SSSR count). The van der Waals surface area contributed by atoms with Crippen LogP contribution in [0.3, 0.4) is 0 Å². The number of imide groups is 1. The molecule has 0 aliphatic carbocycles. The fraction of sp³-hybridized carbons (Fsp3) is 0.333. The van der Waals surface area contributed by atoms with Gasteiger partial charge >= 0.3 is 6.03 Å². The number of anilines is 1. The second-order valence-corrected chi connectivity index (χ2v) is 7.50. The van der Waals surface area contributed by atoms with Crippen LogP contribution in [0.5, 0.6) is 0 Å². The summed E-state index contributed by atoms with van der Waals surface area (Å²) in [5.74, 6) is -2.65. The molecular formula is C21H21F2N5O3. The normalized spacial score (nSPS) is 21.1. The minimum absolute atomic E-state index is 0.0514. The van der Waals surface area contributed by atoms with Crippen molar-refractivity contribution >= 4 is 23.5 Å². The van der Waals surface area contributed by atoms with Crippen LogP contribution in [-0.2, 0) is 16.1 Å². The van der Waals surface area contributed by atoms with E-state index in [0.29, 0.717) is 19.0 Å². The maximum Gasteiger partial charge on any atom is 0.327 e. The van der Waals surface area contributed by atoms with Crippen molar-refractivity contribution in [2.75, 3.05) is 18.4 Å². The Morgan fingerprint density at radius 1 is 1.19 bits per heavy atom. The number of amides is 4. The first kappa shape index (κ1) is 20.9. The second kappa shape index (κ2) is 8.76. The first-order valence-corrected chi connectivity index (χ1v) is 9.93. The van der Waals surface area contributed by atoms with E-state index in [1.54, 1.807) is 24.5 Å². The number of carbonyl (C=O) groups excluding carboxylic acids is 3. The Morgan fingerprint density at radius 2 is 1.97 bits per heavy atom. The summed E-state index contributed by atoms with van der Waals surface area (Å²) in [7, 11) is 0. The SMILES string of the molecule is O=C(CN1C(=O)N(Cc2ccncc2)C(=O)C2NCCCC21)Nc1ccc(F)cc1F. The van der Waals surface area contributed by atoms with Crippen LogP contribution in [0.4, 0.5) is 19.3 Å². The van der Waals surface area contributed by atoms with E-state index in [-0.39, 0.29) is 24.7 Å². The number of fused-ring (bicyclic) bond motifs is 1. The third-order valence-corrected chi connectivity index (χ3v) is 5.44. The van der Waals surface area contributed by atoms with Crippen LogP contribution in [0.15, 0.2) is 42.7 Å². The van der Waals surface area contributed by atoms with E-state index in [2.05, 4.69) is 15.6 Å². The van der Waals surface area contributed by atoms with E-state index in [1.165, 1.54) is 4.90 Å². The minimum atomic E-state index is -0.912. The molecular weight excluding hydrogens is 408 g/mol. The number of benzene rings is 1. The molecule has 8 nitrogen and oxygen atoms in total. The van der Waals surface area contributed by atoms with E-state index in [1.807, 2.05) is 0 Å². The van der Waals surface area contributed by atoms with Crippen molar-refractivity contribution in [3.8, 4) is 0 Å². The zero-order chi connectivity index (χ0) is 22.0. The zero-order valence-corrected chi connectivity index (χ0v) is 16.6. The summed E-state index contributed by atoms with van der Waals surface area (Å²) in [6, 6.07) is 4.53. The van der Waals surface area contributed by atoms with Crippen LogP contribution in [0, 0.1) is 11.6 Å². The van der Waals surface area contributed by atoms with Gasteiger partial charge in [-0.15, -0.1) is 0 Å². The average molecular weight is 429 g/mol. The molecule has 0 bridgehead atoms. The van der Waals surface area contributed by atoms with Gasteiger partial charge in [0.1, 0.15) is 24.2 Å². The molecule has 2 saturated heterocycles. The second-order valence-electron chi connectivity index (χ2n) is 7.50. The Hall–Kier alpha value is -3.40. The Balaban J connectivity index is 1.54. The summed E-state index contributed by atoms with van der Waals surface area (Å²) >= 11 is 0. The van der Waals surface area contributed by atoms with Gasteiger partial charge in [0.15, 0.2) is 0 Å². The smallest absolute Gasteiger partial charge is 0.322 e. The standard InChI is InChI=1S/C21H21F2N5O3/c22-14-3-4-16(15(23)10-14)26-18(29)12-27-17-2-1-7-25-19(17)20(30)28(21(27)31)11-13-5-8-24-9-6-13/h3-6,8-10,17,19,25H,1-2,7,11-12H2,(H,26,29). The number of rotatable bonds is 5. The maximum atomic E-state index is 13.9. The van der Waals surface area contributed by atoms with Crippen LogP contribution in [0.2, 0.25) is 0 Å². The minimum Gasteiger partial charge on any atom is -0.322 e. The number of piperidine rings is 1. The molecule has 2 atom stereocenters. The predicted molar refractivity (Wildman–Crippen MR) is 107 cm³/mol. The number of aromatic nitrogens is 1. The maximum absolute atomic E-state index is 13.9. The van der Waals surface area contributed by atoms with Crippen LogP contribution < -0.4 is 10.6 Å². The lowest BCUT2D eigenvalue weighted by Gasteiger charge is -2.46. The fourth-order valence-electron chi connectivity index (χ4n) is 3.95. The molecule has 0 saturated carbocycles. The van der Waals surface area contributed by atoms with E-state index in [0.717, 1.165) is 29.0 Å². The molecule has 31 heavy (non-hydrogen) atoms. The molecule has 162 valence electrons. The number of nitrogens with zero attached hydrogens (tertiary/aromatic N) is 3. The van der Waals surface area contributed by atoms with Crippen molar-refractivity contribution in [3.05, 3.63) is 59.9 Å². The highest BCUT2D eigenvalue weighted by Gasteiger charge is 2.47. The lowest BCUT2D eigenvalue weighted by Crippen LogP contribution is -2.70. The third kappa shape index (κ3) is 4.38. The van der Waals surface area contributed by atoms with Gasteiger partial charge in [-0.05, 0) is 49.2 Å². The van der Waals surface area contributed by atoms with Crippen molar-refractivity contribution < 1.29 is 23.2 Å². The lowest BCUT2D eigenvalue weighted by atomic mass is 9.93. The first-order valence-electron chi connectivity index (χ1n) is 9.93. The van der Waals surface area contributed by atoms with Crippen molar-refractivity contribution in [3.63, 3.8) is 0 Å². The van der Waals surface area contributed by atoms with Gasteiger partial charge in [0.05, 0.1) is 18.3 Å². The Kier molecular flexibility index (Phi) is 5.90. The van der Waals surface area contributed by atoms with E-state index < -0.39 is 35.7 Å². The molecule has 2 unspecified atom stereocenters. The largest absolute Gasteiger partial charge is 0.327 e. The van der Waals surface area contributed by atoms with Crippen LogP contribution in [0.25, 0.3) is 0 Å². The molecule has 10 heteroatoms. The molecule has 2 aliphatic rings. The highest BCUT2D eigenvalue weighted by atomic mass is 19.1. The summed E-state index contributed by atoms with van der Waals surface area (Å²) in [5, 5.41) is 5.51. The van der Waals surface area contributed by atoms with E-state index >= 15 is 0 Å². The fourth-order valence-corrected chi connectivity index (χ4v) is 3.95. The van der Waals surface area contributed by atoms with Gasteiger partial charge in [0, 0.05) is 18.5 Å². The topological polar surface area (TPSA) is 94.6 Å². The van der Waals surface area contributed by atoms with Gasteiger partial charge in [-0.2, -0.15) is 0 Å². The Morgan fingerprint density at radius 3 is 2.71 bits per heavy atom. The number of carbonyl (C=O) groups is 3. The van der Waals surface area contributed by atoms with Crippen LogP contribution >= 0.6 is 0 Å². The van der Waals surface area contributed by atoms with Crippen molar-refractivity contribution in [1.82, 2.24) is 20.1 Å². The quantitative estimate of drug-likeness (QED) is 0.757. The van der Waals surface area contributed by atoms with E-state index in [9.17, 15) is 23.2 Å². The van der Waals surface area contributed by atoms with E-state index in [4.69, 9.17) is 0 Å². The summed E-state index contributed by atoms with van der Waals surface area (Å²) in [4.78, 5) is 45.1. The molecule has 1 aromatic carbocycles. The van der Waals surface area contributed by atoms with Gasteiger partial charge in [-0.25, -0.2) is 13.6 Å². The lowest BCUT2D eigenvalue weighted by molar-refractivity contribution is -0.138. The van der Waals surface area contributed by atoms with Crippen LogP contribution in [0.1, 0.15) is 18.4 Å². The van der Waals surface area contributed by atoms with Crippen molar-refractivity contribution in [1.29, 1.82) is 0 Å². The molecule has 0 spiro atoms. The zero-order valence-electron chi connectivity index (χ0n) is 16.6. The number of halogens is 2. The highest BCUT2D eigenvalue weighted by Crippen LogP contribution is 2.26. The van der Waals surface area contributed by atoms with Crippen molar-refractivity contribution in [2.45, 2.75) is 31.5 Å².